The van der Waals surface area contributed by atoms with Crippen LogP contribution in [0.5, 0.6) is 11.6 Å². The Morgan fingerprint density at radius 3 is 2.69 bits per heavy atom. The third-order valence-electron chi connectivity index (χ3n) is 5.92. The molecule has 4 aromatic heterocycles. The summed E-state index contributed by atoms with van der Waals surface area (Å²) in [4.78, 5) is 37.3. The van der Waals surface area contributed by atoms with Gasteiger partial charge >= 0.3 is 0 Å². The van der Waals surface area contributed by atoms with Gasteiger partial charge in [-0.25, -0.2) is 9.97 Å². The summed E-state index contributed by atoms with van der Waals surface area (Å²) in [6.45, 7) is 9.35. The van der Waals surface area contributed by atoms with Crippen LogP contribution in [0.2, 0.25) is 0 Å². The molecule has 1 N–H and O–H groups in total. The summed E-state index contributed by atoms with van der Waals surface area (Å²) in [6.07, 6.45) is 4.12. The van der Waals surface area contributed by atoms with Crippen LogP contribution in [0.15, 0.2) is 43.0 Å². The molecule has 1 aliphatic rings. The fraction of sp³-hybridized carbons (Fsp3) is 0.280. The monoisotopic (exact) mass is 486 g/mol. The maximum absolute atomic E-state index is 12.9. The number of nitrogens with one attached hydrogen (secondary N) is 1. The lowest BCUT2D eigenvalue weighted by molar-refractivity contribution is 0.0663. The van der Waals surface area contributed by atoms with E-state index in [1.807, 2.05) is 11.9 Å². The number of hydrogen-bond donors (Lipinski definition) is 1. The molecule has 0 atom stereocenters. The Labute approximate surface area is 212 Å². The van der Waals surface area contributed by atoms with Gasteiger partial charge in [0.1, 0.15) is 11.3 Å². The number of pyridine rings is 3. The topological polar surface area (TPSA) is 106 Å². The van der Waals surface area contributed by atoms with Gasteiger partial charge in [0.05, 0.1) is 17.6 Å². The minimum atomic E-state index is -2.52. The zero-order valence-electron chi connectivity index (χ0n) is 22.8. The Morgan fingerprint density at radius 1 is 1.17 bits per heavy atom. The van der Waals surface area contributed by atoms with Crippen LogP contribution in [0.3, 0.4) is 0 Å². The SMILES string of the molecule is [2H]C([2H])([2H])n1cnc2c(Nc3ccc(C(=O)N4CCN(C)CC4)cn3)cc(Oc3cnc([N+]#[C-])cc3C)nc21. The molecular weight excluding hydrogens is 458 g/mol. The van der Waals surface area contributed by atoms with Crippen molar-refractivity contribution < 1.29 is 13.6 Å². The first kappa shape index (κ1) is 19.7. The number of carbonyl (C=O) groups is 1. The third-order valence-corrected chi connectivity index (χ3v) is 5.92. The van der Waals surface area contributed by atoms with Gasteiger partial charge < -0.3 is 29.3 Å². The molecule has 0 spiro atoms. The highest BCUT2D eigenvalue weighted by atomic mass is 16.5. The summed E-state index contributed by atoms with van der Waals surface area (Å²) < 4.78 is 30.5. The summed E-state index contributed by atoms with van der Waals surface area (Å²) in [5.74, 6) is 1.04. The Hall–Kier alpha value is -4.56. The number of hydrogen-bond acceptors (Lipinski definition) is 8. The maximum Gasteiger partial charge on any atom is 0.269 e. The summed E-state index contributed by atoms with van der Waals surface area (Å²) in [5.41, 5.74) is 1.94. The van der Waals surface area contributed by atoms with E-state index in [9.17, 15) is 4.79 Å². The first-order valence-corrected chi connectivity index (χ1v) is 11.2. The van der Waals surface area contributed by atoms with Gasteiger partial charge in [0.2, 0.25) is 5.88 Å². The van der Waals surface area contributed by atoms with Crippen LogP contribution in [0, 0.1) is 13.5 Å². The number of fused-ring (bicyclic) bond motifs is 1. The van der Waals surface area contributed by atoms with Crippen molar-refractivity contribution in [1.29, 1.82) is 0 Å². The summed E-state index contributed by atoms with van der Waals surface area (Å²) >= 11 is 0. The van der Waals surface area contributed by atoms with E-state index >= 15 is 0 Å². The van der Waals surface area contributed by atoms with Crippen LogP contribution in [0.1, 0.15) is 20.0 Å². The van der Waals surface area contributed by atoms with Crippen LogP contribution in [-0.2, 0) is 6.98 Å². The van der Waals surface area contributed by atoms with E-state index in [1.165, 1.54) is 18.7 Å². The molecule has 1 aliphatic heterocycles. The van der Waals surface area contributed by atoms with Gasteiger partial charge in [0.25, 0.3) is 11.7 Å². The van der Waals surface area contributed by atoms with Crippen molar-refractivity contribution in [1.82, 2.24) is 34.3 Å². The number of rotatable bonds is 5. The van der Waals surface area contributed by atoms with E-state index in [1.54, 1.807) is 31.2 Å². The molecule has 36 heavy (non-hydrogen) atoms. The zero-order valence-corrected chi connectivity index (χ0v) is 19.8. The molecule has 0 radical (unpaired) electrons. The molecule has 5 rings (SSSR count). The predicted octanol–water partition coefficient (Wildman–Crippen LogP) is 3.54. The number of likely N-dealkylation sites (N-methyl/N-ethyl adjacent to an activating group) is 1. The highest BCUT2D eigenvalue weighted by Crippen LogP contribution is 2.31. The van der Waals surface area contributed by atoms with Gasteiger partial charge in [-0.15, -0.1) is 4.98 Å². The van der Waals surface area contributed by atoms with E-state index in [-0.39, 0.29) is 23.3 Å². The van der Waals surface area contributed by atoms with Crippen molar-refractivity contribution >= 4 is 34.4 Å². The first-order valence-electron chi connectivity index (χ1n) is 12.7. The second-order valence-electron chi connectivity index (χ2n) is 8.47. The first-order chi connectivity index (χ1) is 18.6. The molecule has 1 amide bonds. The number of aryl methyl sites for hydroxylation is 2. The predicted molar refractivity (Wildman–Crippen MR) is 135 cm³/mol. The van der Waals surface area contributed by atoms with Crippen molar-refractivity contribution in [3.8, 4) is 11.6 Å². The lowest BCUT2D eigenvalue weighted by Gasteiger charge is -2.32. The zero-order chi connectivity index (χ0) is 27.7. The average Bonchev–Trinajstić information content (AvgIpc) is 3.35. The number of carbonyl (C=O) groups excluding carboxylic acids is 1. The maximum atomic E-state index is 12.9. The molecule has 0 bridgehead atoms. The minimum absolute atomic E-state index is 0.0752. The van der Waals surface area contributed by atoms with E-state index in [4.69, 9.17) is 15.4 Å². The van der Waals surface area contributed by atoms with Gasteiger partial charge in [-0.1, -0.05) is 6.57 Å². The summed E-state index contributed by atoms with van der Waals surface area (Å²) in [7, 11) is 2.03. The van der Waals surface area contributed by atoms with E-state index in [0.29, 0.717) is 47.0 Å². The number of aromatic nitrogens is 5. The Bertz CT molecular complexity index is 1570. The largest absolute Gasteiger partial charge is 0.435 e. The van der Waals surface area contributed by atoms with Gasteiger partial charge in [0, 0.05) is 49.5 Å². The fourth-order valence-electron chi connectivity index (χ4n) is 3.85. The second-order valence-corrected chi connectivity index (χ2v) is 8.47. The lowest BCUT2D eigenvalue weighted by Crippen LogP contribution is -2.47. The summed E-state index contributed by atoms with van der Waals surface area (Å²) in [6, 6.07) is 6.53. The highest BCUT2D eigenvalue weighted by Gasteiger charge is 2.21. The molecule has 0 unspecified atom stereocenters. The van der Waals surface area contributed by atoms with Crippen molar-refractivity contribution in [3.05, 3.63) is 65.5 Å². The number of nitrogens with zero attached hydrogens (tertiary/aromatic N) is 8. The number of ether oxygens (including phenoxy) is 1. The second kappa shape index (κ2) is 9.59. The van der Waals surface area contributed by atoms with E-state index in [0.717, 1.165) is 17.7 Å². The standard InChI is InChI=1S/C25H25N9O2/c1-16-11-21(26-2)28-14-19(16)36-22-12-18(23-24(31-22)33(4)15-29-23)30-20-6-5-17(13-27-20)25(35)34-9-7-32(3)8-10-34/h5-6,11-15H,7-10H2,1,3-4H3,(H,27,30,31)/i4D3. The molecule has 4 aromatic rings. The van der Waals surface area contributed by atoms with Crippen LogP contribution in [0.25, 0.3) is 16.0 Å². The van der Waals surface area contributed by atoms with Crippen molar-refractivity contribution in [2.45, 2.75) is 6.92 Å². The molecule has 0 saturated carbocycles. The smallest absolute Gasteiger partial charge is 0.269 e. The summed E-state index contributed by atoms with van der Waals surface area (Å²) in [5, 5.41) is 3.14. The fourth-order valence-corrected chi connectivity index (χ4v) is 3.85. The molecule has 1 fully saturated rings. The van der Waals surface area contributed by atoms with Gasteiger partial charge in [-0.05, 0) is 37.7 Å². The van der Waals surface area contributed by atoms with Crippen molar-refractivity contribution in [3.63, 3.8) is 0 Å². The van der Waals surface area contributed by atoms with Crippen LogP contribution in [-0.4, -0.2) is 73.4 Å². The average molecular weight is 487 g/mol. The number of anilines is 2. The molecule has 11 nitrogen and oxygen atoms in total. The molecular formula is C25H25N9O2. The normalized spacial score (nSPS) is 15.6. The van der Waals surface area contributed by atoms with Gasteiger partial charge in [-0.3, -0.25) is 4.79 Å². The van der Waals surface area contributed by atoms with Crippen LogP contribution in [0.4, 0.5) is 17.3 Å². The molecule has 0 aromatic carbocycles. The quantitative estimate of drug-likeness (QED) is 0.427. The number of amides is 1. The number of piperazine rings is 1. The Balaban J connectivity index is 1.45. The van der Waals surface area contributed by atoms with Gasteiger partial charge in [-0.2, -0.15) is 4.98 Å². The Kier molecular flexibility index (Phi) is 5.25. The van der Waals surface area contributed by atoms with Crippen molar-refractivity contribution in [2.24, 2.45) is 6.98 Å². The van der Waals surface area contributed by atoms with Crippen LogP contribution < -0.4 is 10.1 Å². The lowest BCUT2D eigenvalue weighted by atomic mass is 10.2. The highest BCUT2D eigenvalue weighted by molar-refractivity contribution is 5.94. The minimum Gasteiger partial charge on any atom is -0.435 e. The van der Waals surface area contributed by atoms with E-state index < -0.39 is 6.98 Å². The Morgan fingerprint density at radius 2 is 2.00 bits per heavy atom. The number of imidazole rings is 1. The van der Waals surface area contributed by atoms with E-state index in [2.05, 4.69) is 35.0 Å². The van der Waals surface area contributed by atoms with Crippen molar-refractivity contribution in [2.75, 3.05) is 38.5 Å². The van der Waals surface area contributed by atoms with Crippen LogP contribution >= 0.6 is 0 Å². The molecule has 11 heteroatoms. The molecule has 1 saturated heterocycles. The third kappa shape index (κ3) is 4.67. The molecule has 0 aliphatic carbocycles. The van der Waals surface area contributed by atoms with Gasteiger partial charge in [0.15, 0.2) is 17.6 Å². The molecule has 182 valence electrons. The molecule has 5 heterocycles.